The average molecular weight is 520 g/mol. The zero-order valence-corrected chi connectivity index (χ0v) is 21.4. The van der Waals surface area contributed by atoms with Gasteiger partial charge in [-0.1, -0.05) is 43.7 Å². The summed E-state index contributed by atoms with van der Waals surface area (Å²) in [5.74, 6) is -0.895. The van der Waals surface area contributed by atoms with E-state index in [-0.39, 0.29) is 11.2 Å². The van der Waals surface area contributed by atoms with E-state index in [4.69, 9.17) is 11.6 Å². The fraction of sp³-hybridized carbons (Fsp3) is 0.522. The third-order valence-corrected chi connectivity index (χ3v) is 8.20. The second-order valence-corrected chi connectivity index (χ2v) is 11.9. The molecule has 1 unspecified atom stereocenters. The molecule has 2 aromatic heterocycles. The molecule has 0 bridgehead atoms. The van der Waals surface area contributed by atoms with Gasteiger partial charge in [0.25, 0.3) is 0 Å². The Morgan fingerprint density at radius 1 is 1.23 bits per heavy atom. The summed E-state index contributed by atoms with van der Waals surface area (Å²) in [6.45, 7) is 8.99. The minimum atomic E-state index is -0.997. The third kappa shape index (κ3) is 4.58. The Labute approximate surface area is 211 Å². The minimum absolute atomic E-state index is 0.227. The zero-order chi connectivity index (χ0) is 25.0. The lowest BCUT2D eigenvalue weighted by atomic mass is 9.72. The standard InChI is InChI=1S/C23H27ClFN7O2S/c1-22(2,3)18(20(33)34)32-28-19(27-29-32)17-11-26-21(35-17)31-12-23(13-31)6-8-30(9-7-23)16-10-14(25)4-5-15(16)24/h4-5,10-11,18H,6-9,12-13H2,1-3H3,(H,33,34). The summed E-state index contributed by atoms with van der Waals surface area (Å²) in [6, 6.07) is 3.59. The quantitative estimate of drug-likeness (QED) is 0.530. The molecule has 5 rings (SSSR count). The van der Waals surface area contributed by atoms with E-state index in [1.807, 2.05) is 20.8 Å². The molecule has 0 amide bonds. The topological polar surface area (TPSA) is 100 Å². The number of aliphatic carboxylic acids is 1. The van der Waals surface area contributed by atoms with Gasteiger partial charge >= 0.3 is 5.97 Å². The molecule has 0 radical (unpaired) electrons. The number of tetrazole rings is 1. The Kier molecular flexibility index (Phi) is 5.95. The molecule has 2 aliphatic rings. The van der Waals surface area contributed by atoms with Crippen LogP contribution in [0.3, 0.4) is 0 Å². The van der Waals surface area contributed by atoms with E-state index in [0.29, 0.717) is 10.8 Å². The van der Waals surface area contributed by atoms with Crippen LogP contribution in [0.1, 0.15) is 39.7 Å². The molecule has 1 aromatic carbocycles. The Bertz CT molecular complexity index is 1240. The molecule has 4 heterocycles. The summed E-state index contributed by atoms with van der Waals surface area (Å²) >= 11 is 7.77. The summed E-state index contributed by atoms with van der Waals surface area (Å²) in [4.78, 5) is 22.6. The van der Waals surface area contributed by atoms with Gasteiger partial charge in [0, 0.05) is 31.6 Å². The smallest absolute Gasteiger partial charge is 0.331 e. The number of rotatable bonds is 5. The van der Waals surface area contributed by atoms with E-state index in [9.17, 15) is 14.3 Å². The maximum absolute atomic E-state index is 13.7. The first-order chi connectivity index (χ1) is 16.5. The first-order valence-electron chi connectivity index (χ1n) is 11.5. The van der Waals surface area contributed by atoms with Crippen LogP contribution in [-0.2, 0) is 4.79 Å². The summed E-state index contributed by atoms with van der Waals surface area (Å²) < 4.78 is 13.7. The van der Waals surface area contributed by atoms with Gasteiger partial charge in [0.05, 0.1) is 21.8 Å². The number of thiazole rings is 1. The monoisotopic (exact) mass is 519 g/mol. The molecule has 1 N–H and O–H groups in total. The number of hydrogen-bond acceptors (Lipinski definition) is 8. The molecule has 3 aromatic rings. The molecule has 1 spiro atoms. The molecular formula is C23H27ClFN7O2S. The van der Waals surface area contributed by atoms with Gasteiger partial charge in [0.2, 0.25) is 5.82 Å². The van der Waals surface area contributed by atoms with Crippen LogP contribution in [0.2, 0.25) is 5.02 Å². The van der Waals surface area contributed by atoms with Crippen molar-refractivity contribution in [1.82, 2.24) is 25.2 Å². The van der Waals surface area contributed by atoms with Crippen molar-refractivity contribution in [3.63, 3.8) is 0 Å². The number of carboxylic acid groups (broad SMARTS) is 1. The van der Waals surface area contributed by atoms with Crippen molar-refractivity contribution in [2.24, 2.45) is 10.8 Å². The third-order valence-electron chi connectivity index (χ3n) is 6.82. The molecule has 35 heavy (non-hydrogen) atoms. The van der Waals surface area contributed by atoms with Crippen molar-refractivity contribution < 1.29 is 14.3 Å². The molecule has 9 nitrogen and oxygen atoms in total. The highest BCUT2D eigenvalue weighted by Crippen LogP contribution is 2.45. The van der Waals surface area contributed by atoms with Gasteiger partial charge in [0.1, 0.15) is 5.82 Å². The SMILES string of the molecule is CC(C)(C)C(C(=O)O)n1nnc(-c2cnc(N3CC4(CCN(c5cc(F)ccc5Cl)CC4)C3)s2)n1. The Morgan fingerprint density at radius 3 is 2.60 bits per heavy atom. The molecule has 2 saturated heterocycles. The summed E-state index contributed by atoms with van der Waals surface area (Å²) in [6.07, 6.45) is 3.73. The van der Waals surface area contributed by atoms with Crippen LogP contribution < -0.4 is 9.80 Å². The van der Waals surface area contributed by atoms with E-state index in [1.54, 1.807) is 12.3 Å². The van der Waals surface area contributed by atoms with Gasteiger partial charge in [-0.05, 0) is 41.7 Å². The maximum Gasteiger partial charge on any atom is 0.331 e. The van der Waals surface area contributed by atoms with Crippen LogP contribution in [0.25, 0.3) is 10.7 Å². The number of piperidine rings is 1. The molecule has 186 valence electrons. The number of nitrogens with zero attached hydrogens (tertiary/aromatic N) is 7. The lowest BCUT2D eigenvalue weighted by molar-refractivity contribution is -0.145. The molecular weight excluding hydrogens is 493 g/mol. The van der Waals surface area contributed by atoms with Gasteiger partial charge in [-0.25, -0.2) is 14.2 Å². The number of halogens is 2. The van der Waals surface area contributed by atoms with Crippen LogP contribution in [0, 0.1) is 16.6 Å². The molecule has 0 aliphatic carbocycles. The number of benzene rings is 1. The zero-order valence-electron chi connectivity index (χ0n) is 19.8. The fourth-order valence-corrected chi connectivity index (χ4v) is 6.00. The van der Waals surface area contributed by atoms with E-state index in [0.717, 1.165) is 54.7 Å². The predicted molar refractivity (Wildman–Crippen MR) is 133 cm³/mol. The van der Waals surface area contributed by atoms with Crippen molar-refractivity contribution in [2.45, 2.75) is 39.7 Å². The van der Waals surface area contributed by atoms with Crippen LogP contribution in [0.15, 0.2) is 24.4 Å². The van der Waals surface area contributed by atoms with Crippen LogP contribution in [0.4, 0.5) is 15.2 Å². The van der Waals surface area contributed by atoms with Crippen molar-refractivity contribution in [2.75, 3.05) is 36.0 Å². The molecule has 0 saturated carbocycles. The number of hydrogen-bond donors (Lipinski definition) is 1. The average Bonchev–Trinajstić information content (AvgIpc) is 3.42. The molecule has 2 fully saturated rings. The van der Waals surface area contributed by atoms with Crippen LogP contribution in [-0.4, -0.2) is 62.4 Å². The van der Waals surface area contributed by atoms with Gasteiger partial charge < -0.3 is 14.9 Å². The molecule has 2 aliphatic heterocycles. The molecule has 1 atom stereocenters. The number of carbonyl (C=O) groups is 1. The number of carboxylic acids is 1. The summed E-state index contributed by atoms with van der Waals surface area (Å²) in [5, 5.41) is 23.5. The normalized spacial score (nSPS) is 18.5. The fourth-order valence-electron chi connectivity index (χ4n) is 4.93. The van der Waals surface area contributed by atoms with Gasteiger partial charge in [-0.15, -0.1) is 15.0 Å². The summed E-state index contributed by atoms with van der Waals surface area (Å²) in [5.41, 5.74) is 0.425. The van der Waals surface area contributed by atoms with Crippen LogP contribution >= 0.6 is 22.9 Å². The maximum atomic E-state index is 13.7. The van der Waals surface area contributed by atoms with Crippen molar-refractivity contribution in [3.8, 4) is 10.7 Å². The number of aromatic nitrogens is 5. The van der Waals surface area contributed by atoms with Crippen molar-refractivity contribution >= 4 is 39.7 Å². The lowest BCUT2D eigenvalue weighted by Gasteiger charge is -2.54. The highest BCUT2D eigenvalue weighted by molar-refractivity contribution is 7.18. The van der Waals surface area contributed by atoms with Gasteiger partial charge in [0.15, 0.2) is 11.2 Å². The van der Waals surface area contributed by atoms with Gasteiger partial charge in [-0.2, -0.15) is 0 Å². The highest BCUT2D eigenvalue weighted by atomic mass is 35.5. The minimum Gasteiger partial charge on any atom is -0.480 e. The Hall–Kier alpha value is -2.79. The second-order valence-electron chi connectivity index (χ2n) is 10.5. The highest BCUT2D eigenvalue weighted by Gasteiger charge is 2.46. The first kappa shape index (κ1) is 23.9. The Balaban J connectivity index is 1.22. The van der Waals surface area contributed by atoms with Crippen molar-refractivity contribution in [3.05, 3.63) is 35.2 Å². The number of anilines is 2. The van der Waals surface area contributed by atoms with E-state index in [1.165, 1.54) is 28.3 Å². The van der Waals surface area contributed by atoms with Gasteiger partial charge in [-0.3, -0.25) is 0 Å². The Morgan fingerprint density at radius 2 is 1.94 bits per heavy atom. The lowest BCUT2D eigenvalue weighted by Crippen LogP contribution is -2.60. The first-order valence-corrected chi connectivity index (χ1v) is 12.7. The molecule has 12 heteroatoms. The summed E-state index contributed by atoms with van der Waals surface area (Å²) in [7, 11) is 0. The van der Waals surface area contributed by atoms with E-state index < -0.39 is 17.4 Å². The van der Waals surface area contributed by atoms with Crippen molar-refractivity contribution in [1.29, 1.82) is 0 Å². The van der Waals surface area contributed by atoms with E-state index in [2.05, 4.69) is 30.2 Å². The van der Waals surface area contributed by atoms with E-state index >= 15 is 0 Å². The second kappa shape index (κ2) is 8.70. The van der Waals surface area contributed by atoms with Crippen LogP contribution in [0.5, 0.6) is 0 Å². The predicted octanol–water partition coefficient (Wildman–Crippen LogP) is 4.37. The largest absolute Gasteiger partial charge is 0.480 e.